The van der Waals surface area contributed by atoms with Gasteiger partial charge in [0.25, 0.3) is 0 Å². The number of rotatable bonds is 5. The monoisotopic (exact) mass is 305 g/mol. The predicted molar refractivity (Wildman–Crippen MR) is 77.2 cm³/mol. The summed E-state index contributed by atoms with van der Waals surface area (Å²) in [6, 6.07) is 9.94. The number of pyridine rings is 2. The number of halogens is 1. The lowest BCUT2D eigenvalue weighted by Gasteiger charge is -2.04. The maximum atomic E-state index is 4.45. The molecule has 4 heteroatoms. The lowest BCUT2D eigenvalue weighted by molar-refractivity contribution is 0.674. The van der Waals surface area contributed by atoms with E-state index in [9.17, 15) is 0 Å². The van der Waals surface area contributed by atoms with Gasteiger partial charge in [-0.15, -0.1) is 0 Å². The van der Waals surface area contributed by atoms with Gasteiger partial charge in [-0.2, -0.15) is 0 Å². The number of nitrogens with one attached hydrogen (secondary N) is 1. The molecule has 0 aliphatic heterocycles. The van der Waals surface area contributed by atoms with Crippen LogP contribution in [0.2, 0.25) is 0 Å². The maximum Gasteiger partial charge on any atom is 0.106 e. The van der Waals surface area contributed by atoms with Gasteiger partial charge in [0.2, 0.25) is 0 Å². The van der Waals surface area contributed by atoms with E-state index in [1.54, 1.807) is 0 Å². The largest absolute Gasteiger partial charge is 0.313 e. The minimum atomic E-state index is 0.829. The van der Waals surface area contributed by atoms with Gasteiger partial charge in [0.05, 0.1) is 11.4 Å². The van der Waals surface area contributed by atoms with Crippen molar-refractivity contribution < 1.29 is 0 Å². The zero-order chi connectivity index (χ0) is 12.8. The smallest absolute Gasteiger partial charge is 0.106 e. The van der Waals surface area contributed by atoms with Gasteiger partial charge >= 0.3 is 0 Å². The molecule has 2 heterocycles. The Kier molecular flexibility index (Phi) is 4.84. The molecule has 0 saturated heterocycles. The third-order valence-corrected chi connectivity index (χ3v) is 3.00. The molecule has 0 amide bonds. The Morgan fingerprint density at radius 3 is 2.72 bits per heavy atom. The van der Waals surface area contributed by atoms with Crippen LogP contribution < -0.4 is 5.32 Å². The van der Waals surface area contributed by atoms with Crippen LogP contribution in [0.4, 0.5) is 0 Å². The second-order valence-electron chi connectivity index (χ2n) is 4.07. The third kappa shape index (κ3) is 3.62. The van der Waals surface area contributed by atoms with Crippen molar-refractivity contribution >= 4 is 15.9 Å². The zero-order valence-corrected chi connectivity index (χ0v) is 11.9. The first-order chi connectivity index (χ1) is 8.79. The molecule has 94 valence electrons. The fraction of sp³-hybridized carbons (Fsp3) is 0.286. The summed E-state index contributed by atoms with van der Waals surface area (Å²) in [5.41, 5.74) is 2.98. The SMILES string of the molecule is CCCNCc1ccc(-c2cccc(Br)n2)nc1. The van der Waals surface area contributed by atoms with Gasteiger partial charge in [-0.25, -0.2) is 4.98 Å². The predicted octanol–water partition coefficient (Wildman–Crippen LogP) is 3.41. The minimum Gasteiger partial charge on any atom is -0.313 e. The summed E-state index contributed by atoms with van der Waals surface area (Å²) in [5.74, 6) is 0. The Hall–Kier alpha value is -1.26. The first kappa shape index (κ1) is 13.2. The van der Waals surface area contributed by atoms with Crippen LogP contribution in [-0.2, 0) is 6.54 Å². The Bertz CT molecular complexity index is 497. The Morgan fingerprint density at radius 1 is 1.17 bits per heavy atom. The highest BCUT2D eigenvalue weighted by molar-refractivity contribution is 9.10. The molecule has 3 nitrogen and oxygen atoms in total. The zero-order valence-electron chi connectivity index (χ0n) is 10.4. The molecule has 0 spiro atoms. The van der Waals surface area contributed by atoms with Crippen molar-refractivity contribution in [3.05, 3.63) is 46.7 Å². The molecular formula is C14H16BrN3. The number of hydrogen-bond acceptors (Lipinski definition) is 3. The van der Waals surface area contributed by atoms with Gasteiger partial charge in [-0.1, -0.05) is 19.1 Å². The van der Waals surface area contributed by atoms with Crippen LogP contribution in [0.3, 0.4) is 0 Å². The number of nitrogens with zero attached hydrogens (tertiary/aromatic N) is 2. The van der Waals surface area contributed by atoms with Gasteiger partial charge in [0, 0.05) is 12.7 Å². The summed E-state index contributed by atoms with van der Waals surface area (Å²) in [6.45, 7) is 4.06. The molecule has 2 aromatic rings. The average molecular weight is 306 g/mol. The van der Waals surface area contributed by atoms with Crippen molar-refractivity contribution in [1.82, 2.24) is 15.3 Å². The molecule has 0 saturated carbocycles. The van der Waals surface area contributed by atoms with Crippen molar-refractivity contribution in [2.45, 2.75) is 19.9 Å². The molecule has 2 aromatic heterocycles. The van der Waals surface area contributed by atoms with Crippen LogP contribution in [0, 0.1) is 0 Å². The molecule has 0 unspecified atom stereocenters. The molecule has 0 aliphatic carbocycles. The first-order valence-corrected chi connectivity index (χ1v) is 6.87. The average Bonchev–Trinajstić information content (AvgIpc) is 2.40. The highest BCUT2D eigenvalue weighted by Crippen LogP contribution is 2.17. The Labute approximate surface area is 116 Å². The van der Waals surface area contributed by atoms with Crippen molar-refractivity contribution in [2.75, 3.05) is 6.54 Å². The van der Waals surface area contributed by atoms with Crippen LogP contribution in [0.1, 0.15) is 18.9 Å². The summed E-state index contributed by atoms with van der Waals surface area (Å²) < 4.78 is 0.829. The van der Waals surface area contributed by atoms with E-state index in [2.05, 4.69) is 44.2 Å². The summed E-state index contributed by atoms with van der Waals surface area (Å²) in [5, 5.41) is 3.36. The minimum absolute atomic E-state index is 0.829. The molecule has 0 aliphatic rings. The number of aromatic nitrogens is 2. The van der Waals surface area contributed by atoms with Crippen LogP contribution in [0.5, 0.6) is 0 Å². The molecule has 18 heavy (non-hydrogen) atoms. The van der Waals surface area contributed by atoms with E-state index in [-0.39, 0.29) is 0 Å². The van der Waals surface area contributed by atoms with E-state index in [0.717, 1.165) is 35.5 Å². The van der Waals surface area contributed by atoms with Crippen LogP contribution in [0.15, 0.2) is 41.1 Å². The van der Waals surface area contributed by atoms with E-state index < -0.39 is 0 Å². The summed E-state index contributed by atoms with van der Waals surface area (Å²) in [6.07, 6.45) is 3.05. The topological polar surface area (TPSA) is 37.8 Å². The molecule has 0 bridgehead atoms. The van der Waals surface area contributed by atoms with Crippen molar-refractivity contribution in [2.24, 2.45) is 0 Å². The number of hydrogen-bond donors (Lipinski definition) is 1. The third-order valence-electron chi connectivity index (χ3n) is 2.56. The second kappa shape index (κ2) is 6.61. The van der Waals surface area contributed by atoms with Gasteiger partial charge in [-0.3, -0.25) is 4.98 Å². The van der Waals surface area contributed by atoms with Crippen LogP contribution in [0.25, 0.3) is 11.4 Å². The second-order valence-corrected chi connectivity index (χ2v) is 4.89. The molecular weight excluding hydrogens is 290 g/mol. The van der Waals surface area contributed by atoms with Crippen molar-refractivity contribution in [3.8, 4) is 11.4 Å². The fourth-order valence-electron chi connectivity index (χ4n) is 1.64. The van der Waals surface area contributed by atoms with Gasteiger partial charge in [-0.05, 0) is 52.7 Å². The lowest BCUT2D eigenvalue weighted by atomic mass is 10.2. The maximum absolute atomic E-state index is 4.45. The van der Waals surface area contributed by atoms with E-state index in [1.165, 1.54) is 5.56 Å². The van der Waals surface area contributed by atoms with Gasteiger partial charge in [0.1, 0.15) is 4.60 Å². The summed E-state index contributed by atoms with van der Waals surface area (Å²) >= 11 is 3.37. The molecule has 2 rings (SSSR count). The van der Waals surface area contributed by atoms with Gasteiger partial charge in [0.15, 0.2) is 0 Å². The van der Waals surface area contributed by atoms with Gasteiger partial charge < -0.3 is 5.32 Å². The first-order valence-electron chi connectivity index (χ1n) is 6.08. The summed E-state index contributed by atoms with van der Waals surface area (Å²) in [7, 11) is 0. The molecule has 1 N–H and O–H groups in total. The normalized spacial score (nSPS) is 10.6. The highest BCUT2D eigenvalue weighted by atomic mass is 79.9. The van der Waals surface area contributed by atoms with Crippen LogP contribution >= 0.6 is 15.9 Å². The molecule has 0 fully saturated rings. The van der Waals surface area contributed by atoms with Crippen LogP contribution in [-0.4, -0.2) is 16.5 Å². The quantitative estimate of drug-likeness (QED) is 0.679. The van der Waals surface area contributed by atoms with E-state index in [4.69, 9.17) is 0 Å². The van der Waals surface area contributed by atoms with Crippen molar-refractivity contribution in [1.29, 1.82) is 0 Å². The van der Waals surface area contributed by atoms with E-state index in [1.807, 2.05) is 30.5 Å². The standard InChI is InChI=1S/C14H16BrN3/c1-2-8-16-9-11-6-7-12(17-10-11)13-4-3-5-14(15)18-13/h3-7,10,16H,2,8-9H2,1H3. The molecule has 0 aromatic carbocycles. The molecule has 0 radical (unpaired) electrons. The van der Waals surface area contributed by atoms with E-state index in [0.29, 0.717) is 0 Å². The lowest BCUT2D eigenvalue weighted by Crippen LogP contribution is -2.13. The summed E-state index contributed by atoms with van der Waals surface area (Å²) in [4.78, 5) is 8.83. The highest BCUT2D eigenvalue weighted by Gasteiger charge is 2.01. The van der Waals surface area contributed by atoms with E-state index >= 15 is 0 Å². The molecule has 0 atom stereocenters. The fourth-order valence-corrected chi connectivity index (χ4v) is 1.98. The Balaban J connectivity index is 2.07. The van der Waals surface area contributed by atoms with Crippen molar-refractivity contribution in [3.63, 3.8) is 0 Å². The Morgan fingerprint density at radius 2 is 2.06 bits per heavy atom.